The SMILES string of the molecule is O=C(C1CCN(S(=O)(=O)c2ccc(F)cc2)CC1)N1CCC(n2c(=O)[nH]c3ccccc32)CC1. The van der Waals surface area contributed by atoms with Gasteiger partial charge in [-0.15, -0.1) is 0 Å². The van der Waals surface area contributed by atoms with Gasteiger partial charge in [-0.3, -0.25) is 9.36 Å². The van der Waals surface area contributed by atoms with Crippen LogP contribution in [0.1, 0.15) is 31.7 Å². The van der Waals surface area contributed by atoms with E-state index in [1.807, 2.05) is 29.2 Å². The van der Waals surface area contributed by atoms with Crippen molar-refractivity contribution in [3.05, 3.63) is 64.8 Å². The summed E-state index contributed by atoms with van der Waals surface area (Å²) in [5.41, 5.74) is 1.57. The molecule has 2 fully saturated rings. The smallest absolute Gasteiger partial charge is 0.326 e. The van der Waals surface area contributed by atoms with E-state index in [0.29, 0.717) is 38.8 Å². The maximum absolute atomic E-state index is 13.2. The highest BCUT2D eigenvalue weighted by molar-refractivity contribution is 7.89. The number of nitrogens with zero attached hydrogens (tertiary/aromatic N) is 3. The maximum atomic E-state index is 13.2. The molecule has 2 aliphatic rings. The number of sulfonamides is 1. The van der Waals surface area contributed by atoms with Gasteiger partial charge in [0.05, 0.1) is 15.9 Å². The van der Waals surface area contributed by atoms with Crippen LogP contribution in [0.3, 0.4) is 0 Å². The summed E-state index contributed by atoms with van der Waals surface area (Å²) in [6.07, 6.45) is 2.32. The Morgan fingerprint density at radius 3 is 2.24 bits per heavy atom. The monoisotopic (exact) mass is 486 g/mol. The number of benzene rings is 2. The molecule has 2 aliphatic heterocycles. The largest absolute Gasteiger partial charge is 0.342 e. The van der Waals surface area contributed by atoms with Crippen LogP contribution in [0, 0.1) is 11.7 Å². The van der Waals surface area contributed by atoms with Crippen LogP contribution in [0.5, 0.6) is 0 Å². The highest BCUT2D eigenvalue weighted by Crippen LogP contribution is 2.29. The van der Waals surface area contributed by atoms with Crippen LogP contribution in [0.15, 0.2) is 58.2 Å². The molecule has 0 bridgehead atoms. The number of imidazole rings is 1. The van der Waals surface area contributed by atoms with E-state index in [-0.39, 0.29) is 41.5 Å². The number of piperidine rings is 2. The fourth-order valence-corrected chi connectivity index (χ4v) is 6.61. The van der Waals surface area contributed by atoms with Crippen LogP contribution in [-0.2, 0) is 14.8 Å². The lowest BCUT2D eigenvalue weighted by Gasteiger charge is -2.37. The summed E-state index contributed by atoms with van der Waals surface area (Å²) in [5, 5.41) is 0. The van der Waals surface area contributed by atoms with E-state index in [1.165, 1.54) is 16.4 Å². The minimum atomic E-state index is -3.70. The molecule has 0 aliphatic carbocycles. The number of carbonyl (C=O) groups excluding carboxylic acids is 1. The van der Waals surface area contributed by atoms with E-state index in [1.54, 1.807) is 4.57 Å². The Labute approximate surface area is 197 Å². The van der Waals surface area contributed by atoms with Crippen molar-refractivity contribution >= 4 is 27.0 Å². The Balaban J connectivity index is 1.19. The molecule has 0 radical (unpaired) electrons. The van der Waals surface area contributed by atoms with Crippen molar-refractivity contribution in [3.8, 4) is 0 Å². The van der Waals surface area contributed by atoms with Gasteiger partial charge in [-0.1, -0.05) is 12.1 Å². The second kappa shape index (κ2) is 8.99. The van der Waals surface area contributed by atoms with Crippen LogP contribution in [-0.4, -0.2) is 59.3 Å². The van der Waals surface area contributed by atoms with Crippen LogP contribution in [0.2, 0.25) is 0 Å². The minimum Gasteiger partial charge on any atom is -0.342 e. The lowest BCUT2D eigenvalue weighted by atomic mass is 9.94. The highest BCUT2D eigenvalue weighted by Gasteiger charge is 2.35. The van der Waals surface area contributed by atoms with Crippen molar-refractivity contribution in [3.63, 3.8) is 0 Å². The Bertz CT molecular complexity index is 1350. The molecule has 10 heteroatoms. The van der Waals surface area contributed by atoms with Crippen molar-refractivity contribution in [2.45, 2.75) is 36.6 Å². The number of aromatic amines is 1. The summed E-state index contributed by atoms with van der Waals surface area (Å²) in [7, 11) is -3.70. The average Bonchev–Trinajstić information content (AvgIpc) is 3.19. The molecule has 8 nitrogen and oxygen atoms in total. The predicted molar refractivity (Wildman–Crippen MR) is 125 cm³/mol. The number of carbonyl (C=O) groups is 1. The molecule has 0 saturated carbocycles. The third-order valence-corrected chi connectivity index (χ3v) is 8.93. The van der Waals surface area contributed by atoms with Gasteiger partial charge >= 0.3 is 5.69 Å². The topological polar surface area (TPSA) is 95.5 Å². The van der Waals surface area contributed by atoms with E-state index >= 15 is 0 Å². The zero-order valence-corrected chi connectivity index (χ0v) is 19.5. The first-order valence-electron chi connectivity index (χ1n) is 11.6. The number of amides is 1. The van der Waals surface area contributed by atoms with Crippen LogP contribution >= 0.6 is 0 Å². The summed E-state index contributed by atoms with van der Waals surface area (Å²) in [5.74, 6) is -0.642. The Morgan fingerprint density at radius 1 is 0.912 bits per heavy atom. The van der Waals surface area contributed by atoms with Crippen molar-refractivity contribution in [2.75, 3.05) is 26.2 Å². The van der Waals surface area contributed by atoms with E-state index in [4.69, 9.17) is 0 Å². The number of H-pyrrole nitrogens is 1. The highest BCUT2D eigenvalue weighted by atomic mass is 32.2. The second-order valence-electron chi connectivity index (χ2n) is 9.01. The maximum Gasteiger partial charge on any atom is 0.326 e. The van der Waals surface area contributed by atoms with Gasteiger partial charge in [0.2, 0.25) is 15.9 Å². The second-order valence-corrected chi connectivity index (χ2v) is 10.9. The van der Waals surface area contributed by atoms with Gasteiger partial charge in [0.15, 0.2) is 0 Å². The average molecular weight is 487 g/mol. The van der Waals surface area contributed by atoms with Gasteiger partial charge < -0.3 is 9.88 Å². The van der Waals surface area contributed by atoms with Gasteiger partial charge in [-0.25, -0.2) is 17.6 Å². The number of likely N-dealkylation sites (tertiary alicyclic amines) is 1. The molecular weight excluding hydrogens is 459 g/mol. The Morgan fingerprint density at radius 2 is 1.56 bits per heavy atom. The van der Waals surface area contributed by atoms with Gasteiger partial charge in [0.1, 0.15) is 5.82 Å². The molecule has 34 heavy (non-hydrogen) atoms. The Hall–Kier alpha value is -2.98. The first-order chi connectivity index (χ1) is 16.3. The molecule has 3 aromatic rings. The van der Waals surface area contributed by atoms with E-state index < -0.39 is 15.8 Å². The summed E-state index contributed by atoms with van der Waals surface area (Å²) in [6.45, 7) is 1.67. The van der Waals surface area contributed by atoms with E-state index in [9.17, 15) is 22.4 Å². The van der Waals surface area contributed by atoms with E-state index in [2.05, 4.69) is 4.98 Å². The minimum absolute atomic E-state index is 0.0374. The number of rotatable bonds is 4. The molecule has 0 atom stereocenters. The van der Waals surface area contributed by atoms with Gasteiger partial charge in [-0.05, 0) is 62.1 Å². The lowest BCUT2D eigenvalue weighted by molar-refractivity contribution is -0.138. The normalized spacial score (nSPS) is 19.0. The molecule has 5 rings (SSSR count). The molecule has 0 unspecified atom stereocenters. The number of halogens is 1. The molecule has 180 valence electrons. The van der Waals surface area contributed by atoms with Crippen LogP contribution in [0.25, 0.3) is 11.0 Å². The molecule has 1 aromatic heterocycles. The first kappa shape index (κ1) is 22.8. The van der Waals surface area contributed by atoms with Crippen molar-refractivity contribution in [1.82, 2.24) is 18.8 Å². The first-order valence-corrected chi connectivity index (χ1v) is 13.0. The molecular formula is C24H27FN4O4S. The zero-order chi connectivity index (χ0) is 23.9. The quantitative estimate of drug-likeness (QED) is 0.614. The fourth-order valence-electron chi connectivity index (χ4n) is 5.14. The molecule has 3 heterocycles. The Kier molecular flexibility index (Phi) is 6.03. The van der Waals surface area contributed by atoms with Gasteiger partial charge in [-0.2, -0.15) is 4.31 Å². The van der Waals surface area contributed by atoms with E-state index in [0.717, 1.165) is 23.2 Å². The van der Waals surface area contributed by atoms with Crippen LogP contribution in [0.4, 0.5) is 4.39 Å². The van der Waals surface area contributed by atoms with Crippen molar-refractivity contribution < 1.29 is 17.6 Å². The molecule has 1 N–H and O–H groups in total. The summed E-state index contributed by atoms with van der Waals surface area (Å²) < 4.78 is 42.0. The summed E-state index contributed by atoms with van der Waals surface area (Å²) >= 11 is 0. The zero-order valence-electron chi connectivity index (χ0n) is 18.7. The molecule has 2 saturated heterocycles. The standard InChI is InChI=1S/C24H27FN4O4S/c25-18-5-7-20(8-6-18)34(32,33)28-15-9-17(10-16-28)23(30)27-13-11-19(12-14-27)29-22-4-2-1-3-21(22)26-24(29)31/h1-8,17,19H,9-16H2,(H,26,31). The van der Waals surface area contributed by atoms with Crippen LogP contribution < -0.4 is 5.69 Å². The lowest BCUT2D eigenvalue weighted by Crippen LogP contribution is -2.47. The number of aromatic nitrogens is 2. The van der Waals surface area contributed by atoms with Crippen molar-refractivity contribution in [2.24, 2.45) is 5.92 Å². The van der Waals surface area contributed by atoms with Crippen molar-refractivity contribution in [1.29, 1.82) is 0 Å². The van der Waals surface area contributed by atoms with Gasteiger partial charge in [0.25, 0.3) is 0 Å². The molecule has 2 aromatic carbocycles. The molecule has 1 amide bonds. The number of nitrogens with one attached hydrogen (secondary N) is 1. The number of hydrogen-bond acceptors (Lipinski definition) is 4. The number of para-hydroxylation sites is 2. The summed E-state index contributed by atoms with van der Waals surface area (Å²) in [4.78, 5) is 30.4. The third-order valence-electron chi connectivity index (χ3n) is 7.02. The number of hydrogen-bond donors (Lipinski definition) is 1. The van der Waals surface area contributed by atoms with Gasteiger partial charge in [0, 0.05) is 38.1 Å². The summed E-state index contributed by atoms with van der Waals surface area (Å²) in [6, 6.07) is 12.5. The third kappa shape index (κ3) is 4.16. The number of fused-ring (bicyclic) bond motifs is 1. The molecule has 0 spiro atoms. The fraction of sp³-hybridized carbons (Fsp3) is 0.417. The predicted octanol–water partition coefficient (Wildman–Crippen LogP) is 2.73.